The van der Waals surface area contributed by atoms with Crippen LogP contribution in [0.5, 0.6) is 0 Å². The van der Waals surface area contributed by atoms with Crippen molar-refractivity contribution >= 4 is 34.2 Å². The average molecular weight is 263 g/mol. The Labute approximate surface area is 111 Å². The number of aromatic nitrogens is 1. The second-order valence-electron chi connectivity index (χ2n) is 3.89. The van der Waals surface area contributed by atoms with E-state index < -0.39 is 0 Å². The zero-order chi connectivity index (χ0) is 13.0. The molecule has 0 amide bonds. The van der Waals surface area contributed by atoms with E-state index >= 15 is 0 Å². The number of aliphatic imine (C=N–C) groups is 1. The molecule has 5 heteroatoms. The molecule has 2 rings (SSSR count). The summed E-state index contributed by atoms with van der Waals surface area (Å²) in [7, 11) is 0. The van der Waals surface area contributed by atoms with E-state index in [0.29, 0.717) is 17.5 Å². The van der Waals surface area contributed by atoms with Gasteiger partial charge in [0.25, 0.3) is 0 Å². The number of guanidine groups is 1. The van der Waals surface area contributed by atoms with E-state index in [-0.39, 0.29) is 0 Å². The van der Waals surface area contributed by atoms with Gasteiger partial charge in [-0.1, -0.05) is 18.5 Å². The summed E-state index contributed by atoms with van der Waals surface area (Å²) in [5, 5.41) is 4.62. The summed E-state index contributed by atoms with van der Waals surface area (Å²) in [6.45, 7) is 2.76. The van der Waals surface area contributed by atoms with Gasteiger partial charge >= 0.3 is 0 Å². The van der Waals surface area contributed by atoms with Crippen molar-refractivity contribution in [2.24, 2.45) is 10.7 Å². The Morgan fingerprint density at radius 1 is 1.44 bits per heavy atom. The van der Waals surface area contributed by atoms with Crippen LogP contribution in [0.4, 0.5) is 5.69 Å². The molecule has 3 N–H and O–H groups in total. The van der Waals surface area contributed by atoms with Gasteiger partial charge in [0.15, 0.2) is 5.96 Å². The summed E-state index contributed by atoms with van der Waals surface area (Å²) in [6, 6.07) is 7.45. The van der Waals surface area contributed by atoms with Gasteiger partial charge in [-0.15, -0.1) is 0 Å². The number of nitrogens with two attached hydrogens (primary N) is 1. The molecule has 0 radical (unpaired) electrons. The zero-order valence-electron chi connectivity index (χ0n) is 10.2. The van der Waals surface area contributed by atoms with Gasteiger partial charge in [0.05, 0.1) is 16.2 Å². The van der Waals surface area contributed by atoms with Gasteiger partial charge in [-0.3, -0.25) is 9.98 Å². The van der Waals surface area contributed by atoms with Gasteiger partial charge in [-0.25, -0.2) is 0 Å². The fourth-order valence-corrected chi connectivity index (χ4v) is 1.86. The van der Waals surface area contributed by atoms with Gasteiger partial charge in [0.1, 0.15) is 0 Å². The molecule has 0 fully saturated rings. The van der Waals surface area contributed by atoms with Crippen molar-refractivity contribution in [2.75, 3.05) is 11.9 Å². The fraction of sp³-hybridized carbons (Fsp3) is 0.231. The monoisotopic (exact) mass is 262 g/mol. The Bertz CT molecular complexity index is 580. The van der Waals surface area contributed by atoms with Crippen LogP contribution in [0, 0.1) is 0 Å². The van der Waals surface area contributed by atoms with Crippen molar-refractivity contribution < 1.29 is 0 Å². The van der Waals surface area contributed by atoms with Crippen molar-refractivity contribution in [3.8, 4) is 0 Å². The van der Waals surface area contributed by atoms with Crippen molar-refractivity contribution in [1.82, 2.24) is 4.98 Å². The summed E-state index contributed by atoms with van der Waals surface area (Å²) in [5.41, 5.74) is 7.40. The first-order valence-electron chi connectivity index (χ1n) is 5.82. The first kappa shape index (κ1) is 12.6. The van der Waals surface area contributed by atoms with Crippen LogP contribution >= 0.6 is 11.6 Å². The third-order valence-electron chi connectivity index (χ3n) is 2.48. The largest absolute Gasteiger partial charge is 0.370 e. The molecule has 1 aromatic carbocycles. The first-order chi connectivity index (χ1) is 8.72. The molecule has 0 unspecified atom stereocenters. The number of fused-ring (bicyclic) bond motifs is 1. The van der Waals surface area contributed by atoms with Crippen molar-refractivity contribution in [1.29, 1.82) is 0 Å². The summed E-state index contributed by atoms with van der Waals surface area (Å²) in [4.78, 5) is 8.51. The standard InChI is InChI=1S/C13H15ClN4/c1-2-7-17-13(15)18-11-6-5-10(14)9-4-3-8-16-12(9)11/h3-6,8H,2,7H2,1H3,(H3,15,17,18). The second kappa shape index (κ2) is 5.69. The number of anilines is 1. The Morgan fingerprint density at radius 2 is 2.28 bits per heavy atom. The minimum atomic E-state index is 0.395. The molecule has 1 heterocycles. The molecule has 0 aliphatic heterocycles. The summed E-state index contributed by atoms with van der Waals surface area (Å²) in [5.74, 6) is 0.395. The summed E-state index contributed by atoms with van der Waals surface area (Å²) in [6.07, 6.45) is 2.69. The van der Waals surface area contributed by atoms with Gasteiger partial charge in [-0.2, -0.15) is 0 Å². The van der Waals surface area contributed by atoms with Crippen molar-refractivity contribution in [3.63, 3.8) is 0 Å². The fourth-order valence-electron chi connectivity index (χ4n) is 1.65. The molecular weight excluding hydrogens is 248 g/mol. The lowest BCUT2D eigenvalue weighted by Crippen LogP contribution is -2.23. The third kappa shape index (κ3) is 2.71. The quantitative estimate of drug-likeness (QED) is 0.660. The van der Waals surface area contributed by atoms with E-state index in [1.165, 1.54) is 0 Å². The molecule has 0 aliphatic rings. The molecular formula is C13H15ClN4. The molecule has 0 bridgehead atoms. The predicted octanol–water partition coefficient (Wildman–Crippen LogP) is 3.02. The van der Waals surface area contributed by atoms with Crippen LogP contribution in [-0.4, -0.2) is 17.5 Å². The highest BCUT2D eigenvalue weighted by molar-refractivity contribution is 6.35. The lowest BCUT2D eigenvalue weighted by Gasteiger charge is -2.09. The van der Waals surface area contributed by atoms with Gasteiger partial charge in [0.2, 0.25) is 0 Å². The Hall–Kier alpha value is -1.81. The maximum atomic E-state index is 6.12. The van der Waals surface area contributed by atoms with Crippen LogP contribution in [0.15, 0.2) is 35.5 Å². The van der Waals surface area contributed by atoms with E-state index in [2.05, 4.69) is 22.2 Å². The third-order valence-corrected chi connectivity index (χ3v) is 2.81. The van der Waals surface area contributed by atoms with Gasteiger partial charge < -0.3 is 11.1 Å². The zero-order valence-corrected chi connectivity index (χ0v) is 10.9. The summed E-state index contributed by atoms with van der Waals surface area (Å²) >= 11 is 6.12. The highest BCUT2D eigenvalue weighted by Gasteiger charge is 2.05. The second-order valence-corrected chi connectivity index (χ2v) is 4.29. The number of hydrogen-bond donors (Lipinski definition) is 2. The number of halogens is 1. The Balaban J connectivity index is 2.37. The molecule has 0 spiro atoms. The van der Waals surface area contributed by atoms with Gasteiger partial charge in [0, 0.05) is 18.1 Å². The van der Waals surface area contributed by atoms with Gasteiger partial charge in [-0.05, 0) is 30.7 Å². The van der Waals surface area contributed by atoms with Crippen LogP contribution in [0.3, 0.4) is 0 Å². The molecule has 0 atom stereocenters. The first-order valence-corrected chi connectivity index (χ1v) is 6.20. The van der Waals surface area contributed by atoms with Crippen molar-refractivity contribution in [3.05, 3.63) is 35.5 Å². The van der Waals surface area contributed by atoms with Crippen LogP contribution in [0.2, 0.25) is 5.02 Å². The minimum absolute atomic E-state index is 0.395. The van der Waals surface area contributed by atoms with Crippen LogP contribution < -0.4 is 11.1 Å². The molecule has 1 aromatic heterocycles. The van der Waals surface area contributed by atoms with E-state index in [4.69, 9.17) is 17.3 Å². The van der Waals surface area contributed by atoms with E-state index in [1.807, 2.05) is 24.3 Å². The number of rotatable bonds is 3. The molecule has 0 saturated carbocycles. The lowest BCUT2D eigenvalue weighted by molar-refractivity contribution is 0.929. The predicted molar refractivity (Wildman–Crippen MR) is 77.2 cm³/mol. The molecule has 0 aliphatic carbocycles. The molecule has 4 nitrogen and oxygen atoms in total. The Kier molecular flexibility index (Phi) is 3.99. The normalized spacial score (nSPS) is 11.8. The maximum absolute atomic E-state index is 6.12. The van der Waals surface area contributed by atoms with Crippen LogP contribution in [0.1, 0.15) is 13.3 Å². The lowest BCUT2D eigenvalue weighted by atomic mass is 10.2. The maximum Gasteiger partial charge on any atom is 0.193 e. The highest BCUT2D eigenvalue weighted by Crippen LogP contribution is 2.27. The Morgan fingerprint density at radius 3 is 3.06 bits per heavy atom. The topological polar surface area (TPSA) is 63.3 Å². The van der Waals surface area contributed by atoms with E-state index in [1.54, 1.807) is 6.20 Å². The van der Waals surface area contributed by atoms with Crippen LogP contribution in [-0.2, 0) is 0 Å². The van der Waals surface area contributed by atoms with Crippen LogP contribution in [0.25, 0.3) is 10.9 Å². The minimum Gasteiger partial charge on any atom is -0.370 e. The van der Waals surface area contributed by atoms with E-state index in [0.717, 1.165) is 23.0 Å². The molecule has 94 valence electrons. The van der Waals surface area contributed by atoms with Crippen molar-refractivity contribution in [2.45, 2.75) is 13.3 Å². The number of benzene rings is 1. The number of nitrogens with zero attached hydrogens (tertiary/aromatic N) is 2. The molecule has 0 saturated heterocycles. The highest BCUT2D eigenvalue weighted by atomic mass is 35.5. The molecule has 2 aromatic rings. The number of hydrogen-bond acceptors (Lipinski definition) is 2. The smallest absolute Gasteiger partial charge is 0.193 e. The SMILES string of the molecule is CCCN=C(N)Nc1ccc(Cl)c2cccnc12. The van der Waals surface area contributed by atoms with E-state index in [9.17, 15) is 0 Å². The molecule has 18 heavy (non-hydrogen) atoms. The average Bonchev–Trinajstić information content (AvgIpc) is 2.40. The number of pyridine rings is 1. The number of nitrogens with one attached hydrogen (secondary N) is 1. The summed E-state index contributed by atoms with van der Waals surface area (Å²) < 4.78 is 0.